The number of benzene rings is 1. The van der Waals surface area contributed by atoms with Crippen LogP contribution in [-0.4, -0.2) is 17.3 Å². The Morgan fingerprint density at radius 2 is 2.29 bits per heavy atom. The molecule has 1 N–H and O–H groups in total. The summed E-state index contributed by atoms with van der Waals surface area (Å²) in [5.74, 6) is -0.118. The van der Waals surface area contributed by atoms with Gasteiger partial charge < -0.3 is 10.1 Å². The lowest BCUT2D eigenvalue weighted by atomic mass is 10.1. The van der Waals surface area contributed by atoms with E-state index >= 15 is 0 Å². The number of halogens is 1. The molecule has 0 fully saturated rings. The number of hydrogen-bond acceptors (Lipinski definition) is 5. The van der Waals surface area contributed by atoms with Crippen LogP contribution in [0.3, 0.4) is 0 Å². The predicted molar refractivity (Wildman–Crippen MR) is 64.9 cm³/mol. The van der Waals surface area contributed by atoms with E-state index in [-0.39, 0.29) is 17.6 Å². The van der Waals surface area contributed by atoms with Crippen molar-refractivity contribution < 1.29 is 9.13 Å². The van der Waals surface area contributed by atoms with Crippen molar-refractivity contribution in [2.75, 3.05) is 12.4 Å². The molecule has 1 atom stereocenters. The Morgan fingerprint density at radius 1 is 1.47 bits per heavy atom. The highest BCUT2D eigenvalue weighted by Gasteiger charge is 2.10. The Bertz CT molecular complexity index is 489. The van der Waals surface area contributed by atoms with Crippen molar-refractivity contribution in [3.8, 4) is 5.75 Å². The number of aromatic nitrogens is 2. The Kier molecular flexibility index (Phi) is 3.53. The summed E-state index contributed by atoms with van der Waals surface area (Å²) in [7, 11) is 1.45. The first-order valence-electron chi connectivity index (χ1n) is 5.07. The van der Waals surface area contributed by atoms with Crippen molar-refractivity contribution in [1.29, 1.82) is 0 Å². The molecule has 1 heterocycles. The van der Waals surface area contributed by atoms with Crippen LogP contribution < -0.4 is 10.1 Å². The van der Waals surface area contributed by atoms with Crippen LogP contribution in [0.25, 0.3) is 0 Å². The van der Waals surface area contributed by atoms with Gasteiger partial charge in [-0.1, -0.05) is 17.4 Å². The first-order chi connectivity index (χ1) is 8.20. The van der Waals surface area contributed by atoms with Gasteiger partial charge in [-0.2, -0.15) is 0 Å². The third kappa shape index (κ3) is 2.71. The topological polar surface area (TPSA) is 47.0 Å². The van der Waals surface area contributed by atoms with Crippen molar-refractivity contribution in [2.24, 2.45) is 0 Å². The molecule has 0 aliphatic heterocycles. The van der Waals surface area contributed by atoms with Crippen molar-refractivity contribution in [3.63, 3.8) is 0 Å². The van der Waals surface area contributed by atoms with Gasteiger partial charge in [-0.05, 0) is 24.6 Å². The highest BCUT2D eigenvalue weighted by Crippen LogP contribution is 2.24. The standard InChI is InChI=1S/C11H12FN3OS/c1-7(14-11-15-13-6-17-11)8-3-4-10(16-2)9(12)5-8/h3-7H,1-2H3,(H,14,15). The molecule has 0 amide bonds. The van der Waals surface area contributed by atoms with Gasteiger partial charge in [-0.15, -0.1) is 10.2 Å². The summed E-state index contributed by atoms with van der Waals surface area (Å²) in [4.78, 5) is 0. The van der Waals surface area contributed by atoms with Crippen LogP contribution in [0.5, 0.6) is 5.75 Å². The van der Waals surface area contributed by atoms with Crippen LogP contribution in [0.4, 0.5) is 9.52 Å². The first-order valence-corrected chi connectivity index (χ1v) is 5.95. The molecule has 0 saturated carbocycles. The molecule has 0 radical (unpaired) electrons. The molecule has 1 aromatic carbocycles. The van der Waals surface area contributed by atoms with Crippen LogP contribution in [0.15, 0.2) is 23.7 Å². The lowest BCUT2D eigenvalue weighted by Gasteiger charge is -2.13. The smallest absolute Gasteiger partial charge is 0.205 e. The van der Waals surface area contributed by atoms with Crippen LogP contribution in [0, 0.1) is 5.82 Å². The molecular formula is C11H12FN3OS. The van der Waals surface area contributed by atoms with Gasteiger partial charge in [0, 0.05) is 0 Å². The van der Waals surface area contributed by atoms with Gasteiger partial charge in [0.1, 0.15) is 5.51 Å². The largest absolute Gasteiger partial charge is 0.494 e. The molecule has 0 aliphatic carbocycles. The highest BCUT2D eigenvalue weighted by atomic mass is 32.1. The summed E-state index contributed by atoms with van der Waals surface area (Å²) in [6.45, 7) is 1.93. The number of nitrogens with one attached hydrogen (secondary N) is 1. The lowest BCUT2D eigenvalue weighted by molar-refractivity contribution is 0.386. The van der Waals surface area contributed by atoms with Gasteiger partial charge in [0.05, 0.1) is 13.2 Å². The molecule has 1 unspecified atom stereocenters. The minimum atomic E-state index is -0.365. The fourth-order valence-corrected chi connectivity index (χ4v) is 1.99. The SMILES string of the molecule is COc1ccc(C(C)Nc2nncs2)cc1F. The fraction of sp³-hybridized carbons (Fsp3) is 0.273. The van der Waals surface area contributed by atoms with Gasteiger partial charge in [0.25, 0.3) is 0 Å². The number of hydrogen-bond donors (Lipinski definition) is 1. The van der Waals surface area contributed by atoms with E-state index in [0.717, 1.165) is 5.56 Å². The second-order valence-corrected chi connectivity index (χ2v) is 4.34. The van der Waals surface area contributed by atoms with Crippen LogP contribution in [-0.2, 0) is 0 Å². The zero-order valence-electron chi connectivity index (χ0n) is 9.48. The number of methoxy groups -OCH3 is 1. The van der Waals surface area contributed by atoms with Crippen LogP contribution >= 0.6 is 11.3 Å². The number of rotatable bonds is 4. The fourth-order valence-electron chi connectivity index (χ4n) is 1.46. The summed E-state index contributed by atoms with van der Waals surface area (Å²) in [5, 5.41) is 11.5. The summed E-state index contributed by atoms with van der Waals surface area (Å²) >= 11 is 1.41. The average molecular weight is 253 g/mol. The summed E-state index contributed by atoms with van der Waals surface area (Å²) in [6.07, 6.45) is 0. The minimum absolute atomic E-state index is 0.0386. The van der Waals surface area contributed by atoms with Gasteiger partial charge >= 0.3 is 0 Å². The second kappa shape index (κ2) is 5.09. The number of ether oxygens (including phenoxy) is 1. The van der Waals surface area contributed by atoms with E-state index in [2.05, 4.69) is 15.5 Å². The third-order valence-electron chi connectivity index (χ3n) is 2.38. The first kappa shape index (κ1) is 11.8. The molecule has 17 heavy (non-hydrogen) atoms. The van der Waals surface area contributed by atoms with E-state index in [1.54, 1.807) is 11.6 Å². The van der Waals surface area contributed by atoms with E-state index in [9.17, 15) is 4.39 Å². The molecule has 6 heteroatoms. The van der Waals surface area contributed by atoms with E-state index in [4.69, 9.17) is 4.74 Å². The van der Waals surface area contributed by atoms with Gasteiger partial charge in [0.15, 0.2) is 11.6 Å². The van der Waals surface area contributed by atoms with Gasteiger partial charge in [0.2, 0.25) is 5.13 Å². The van der Waals surface area contributed by atoms with Crippen LogP contribution in [0.1, 0.15) is 18.5 Å². The summed E-state index contributed by atoms with van der Waals surface area (Å²) in [5.41, 5.74) is 2.47. The van der Waals surface area contributed by atoms with Gasteiger partial charge in [-0.25, -0.2) is 4.39 Å². The normalized spacial score (nSPS) is 12.2. The molecule has 90 valence electrons. The molecule has 1 aromatic heterocycles. The Hall–Kier alpha value is -1.69. The molecule has 0 aliphatic rings. The predicted octanol–water partition coefficient (Wildman–Crippen LogP) is 2.86. The molecule has 0 saturated heterocycles. The number of anilines is 1. The van der Waals surface area contributed by atoms with E-state index in [1.165, 1.54) is 24.5 Å². The van der Waals surface area contributed by atoms with Crippen LogP contribution in [0.2, 0.25) is 0 Å². The monoisotopic (exact) mass is 253 g/mol. The van der Waals surface area contributed by atoms with Crippen molar-refractivity contribution in [1.82, 2.24) is 10.2 Å². The summed E-state index contributed by atoms with van der Waals surface area (Å²) in [6, 6.07) is 4.85. The molecular weight excluding hydrogens is 241 g/mol. The van der Waals surface area contributed by atoms with Crippen molar-refractivity contribution >= 4 is 16.5 Å². The lowest BCUT2D eigenvalue weighted by Crippen LogP contribution is -2.07. The average Bonchev–Trinajstić information content (AvgIpc) is 2.81. The Balaban J connectivity index is 2.14. The molecule has 2 rings (SSSR count). The number of nitrogens with zero attached hydrogens (tertiary/aromatic N) is 2. The van der Waals surface area contributed by atoms with E-state index in [0.29, 0.717) is 5.13 Å². The second-order valence-electron chi connectivity index (χ2n) is 3.50. The highest BCUT2D eigenvalue weighted by molar-refractivity contribution is 7.13. The Morgan fingerprint density at radius 3 is 2.88 bits per heavy atom. The molecule has 0 bridgehead atoms. The maximum absolute atomic E-state index is 13.5. The zero-order chi connectivity index (χ0) is 12.3. The molecule has 0 spiro atoms. The van der Waals surface area contributed by atoms with Crippen molar-refractivity contribution in [3.05, 3.63) is 35.1 Å². The minimum Gasteiger partial charge on any atom is -0.494 e. The quantitative estimate of drug-likeness (QED) is 0.910. The zero-order valence-corrected chi connectivity index (χ0v) is 10.3. The maximum Gasteiger partial charge on any atom is 0.205 e. The Labute approximate surface area is 102 Å². The van der Waals surface area contributed by atoms with E-state index in [1.807, 2.05) is 13.0 Å². The van der Waals surface area contributed by atoms with Gasteiger partial charge in [-0.3, -0.25) is 0 Å². The molecule has 2 aromatic rings. The van der Waals surface area contributed by atoms with Crippen molar-refractivity contribution in [2.45, 2.75) is 13.0 Å². The maximum atomic E-state index is 13.5. The van der Waals surface area contributed by atoms with E-state index < -0.39 is 0 Å². The summed E-state index contributed by atoms with van der Waals surface area (Å²) < 4.78 is 18.4. The third-order valence-corrected chi connectivity index (χ3v) is 3.00. The molecule has 4 nitrogen and oxygen atoms in total.